The van der Waals surface area contributed by atoms with E-state index in [4.69, 9.17) is 0 Å². The zero-order chi connectivity index (χ0) is 17.9. The Morgan fingerprint density at radius 2 is 2.12 bits per heavy atom. The third-order valence-corrected chi connectivity index (χ3v) is 3.52. The average Bonchev–Trinajstić information content (AvgIpc) is 2.88. The number of aliphatic hydroxyl groups is 1. The Labute approximate surface area is 137 Å². The lowest BCUT2D eigenvalue weighted by Gasteiger charge is -2.10. The number of hydrogen-bond acceptors (Lipinski definition) is 3. The molecule has 130 valence electrons. The molecule has 1 atom stereocenters. The molecule has 8 heteroatoms. The van der Waals surface area contributed by atoms with Crippen LogP contribution < -0.4 is 5.32 Å². The number of aromatic nitrogens is 2. The number of rotatable bonds is 5. The van der Waals surface area contributed by atoms with Crippen LogP contribution in [0.25, 0.3) is 5.69 Å². The van der Waals surface area contributed by atoms with Gasteiger partial charge in [0.05, 0.1) is 34.8 Å². The van der Waals surface area contributed by atoms with Crippen LogP contribution in [0.15, 0.2) is 30.5 Å². The summed E-state index contributed by atoms with van der Waals surface area (Å²) in [5.41, 5.74) is 0.157. The lowest BCUT2D eigenvalue weighted by Crippen LogP contribution is -2.26. The van der Waals surface area contributed by atoms with Gasteiger partial charge in [-0.25, -0.2) is 4.68 Å². The molecule has 2 N–H and O–H groups in total. The Bertz CT molecular complexity index is 724. The topological polar surface area (TPSA) is 67.2 Å². The zero-order valence-electron chi connectivity index (χ0n) is 13.3. The van der Waals surface area contributed by atoms with Gasteiger partial charge >= 0.3 is 6.18 Å². The number of benzene rings is 1. The average molecular weight is 341 g/mol. The van der Waals surface area contributed by atoms with E-state index in [0.29, 0.717) is 18.7 Å². The molecule has 0 saturated heterocycles. The number of aliphatic hydroxyl groups excluding tert-OH is 1. The van der Waals surface area contributed by atoms with Gasteiger partial charge in [-0.15, -0.1) is 0 Å². The van der Waals surface area contributed by atoms with E-state index in [1.165, 1.54) is 23.0 Å². The van der Waals surface area contributed by atoms with Crippen LogP contribution >= 0.6 is 0 Å². The Morgan fingerprint density at radius 3 is 2.75 bits per heavy atom. The maximum Gasteiger partial charge on any atom is 0.416 e. The minimum Gasteiger partial charge on any atom is -0.393 e. The molecular formula is C16H18F3N3O2. The second-order valence-electron chi connectivity index (χ2n) is 5.50. The first kappa shape index (κ1) is 18.0. The Morgan fingerprint density at radius 1 is 1.42 bits per heavy atom. The smallest absolute Gasteiger partial charge is 0.393 e. The van der Waals surface area contributed by atoms with Crippen molar-refractivity contribution in [3.05, 3.63) is 47.3 Å². The molecule has 0 aliphatic rings. The van der Waals surface area contributed by atoms with Crippen LogP contribution in [0.5, 0.6) is 0 Å². The lowest BCUT2D eigenvalue weighted by atomic mass is 10.2. The predicted molar refractivity (Wildman–Crippen MR) is 81.9 cm³/mol. The first-order valence-corrected chi connectivity index (χ1v) is 7.38. The van der Waals surface area contributed by atoms with Crippen LogP contribution in [-0.2, 0) is 6.18 Å². The number of halogens is 3. The van der Waals surface area contributed by atoms with Crippen molar-refractivity contribution in [2.24, 2.45) is 0 Å². The van der Waals surface area contributed by atoms with E-state index >= 15 is 0 Å². The van der Waals surface area contributed by atoms with Crippen LogP contribution in [0.4, 0.5) is 13.2 Å². The molecule has 0 aliphatic carbocycles. The van der Waals surface area contributed by atoms with Crippen molar-refractivity contribution in [2.75, 3.05) is 6.54 Å². The molecule has 0 radical (unpaired) electrons. The molecule has 0 aliphatic heterocycles. The second-order valence-corrected chi connectivity index (χ2v) is 5.50. The van der Waals surface area contributed by atoms with Crippen molar-refractivity contribution in [1.29, 1.82) is 0 Å². The fourth-order valence-electron chi connectivity index (χ4n) is 2.20. The van der Waals surface area contributed by atoms with Gasteiger partial charge in [0.1, 0.15) is 0 Å². The summed E-state index contributed by atoms with van der Waals surface area (Å²) in [6.45, 7) is 3.52. The monoisotopic (exact) mass is 341 g/mol. The van der Waals surface area contributed by atoms with Crippen molar-refractivity contribution in [1.82, 2.24) is 15.1 Å². The molecule has 1 aromatic heterocycles. The Hall–Kier alpha value is -2.35. The zero-order valence-corrected chi connectivity index (χ0v) is 13.3. The van der Waals surface area contributed by atoms with E-state index in [9.17, 15) is 23.1 Å². The highest BCUT2D eigenvalue weighted by Gasteiger charge is 2.30. The summed E-state index contributed by atoms with van der Waals surface area (Å²) in [5.74, 6) is -0.383. The van der Waals surface area contributed by atoms with Gasteiger partial charge in [0.25, 0.3) is 5.91 Å². The molecule has 0 saturated carbocycles. The van der Waals surface area contributed by atoms with Gasteiger partial charge in [-0.3, -0.25) is 4.79 Å². The van der Waals surface area contributed by atoms with Crippen molar-refractivity contribution < 1.29 is 23.1 Å². The van der Waals surface area contributed by atoms with E-state index in [1.807, 2.05) is 0 Å². The third-order valence-electron chi connectivity index (χ3n) is 3.52. The van der Waals surface area contributed by atoms with Gasteiger partial charge in [-0.1, -0.05) is 6.07 Å². The van der Waals surface area contributed by atoms with Crippen molar-refractivity contribution >= 4 is 5.91 Å². The quantitative estimate of drug-likeness (QED) is 0.879. The molecule has 5 nitrogen and oxygen atoms in total. The molecule has 1 amide bonds. The number of amides is 1. The highest BCUT2D eigenvalue weighted by molar-refractivity contribution is 5.95. The standard InChI is InChI=1S/C16H18F3N3O2/c1-10(23)6-7-20-15(24)14-9-21-22(11(14)2)13-5-3-4-12(8-13)16(17,18)19/h3-5,8-10,23H,6-7H2,1-2H3,(H,20,24). The molecule has 1 unspecified atom stereocenters. The number of carbonyl (C=O) groups is 1. The SMILES string of the molecule is Cc1c(C(=O)NCCC(C)O)cnn1-c1cccc(C(F)(F)F)c1. The molecule has 24 heavy (non-hydrogen) atoms. The van der Waals surface area contributed by atoms with E-state index in [2.05, 4.69) is 10.4 Å². The molecule has 1 heterocycles. The Kier molecular flexibility index (Phi) is 5.28. The number of hydrogen-bond donors (Lipinski definition) is 2. The van der Waals surface area contributed by atoms with Crippen molar-refractivity contribution in [3.8, 4) is 5.69 Å². The summed E-state index contributed by atoms with van der Waals surface area (Å²) in [4.78, 5) is 12.1. The first-order valence-electron chi connectivity index (χ1n) is 7.38. The fourth-order valence-corrected chi connectivity index (χ4v) is 2.20. The fraction of sp³-hybridized carbons (Fsp3) is 0.375. The maximum absolute atomic E-state index is 12.8. The van der Waals surface area contributed by atoms with Gasteiger partial charge in [0.15, 0.2) is 0 Å². The van der Waals surface area contributed by atoms with Crippen molar-refractivity contribution in [2.45, 2.75) is 32.5 Å². The van der Waals surface area contributed by atoms with E-state index < -0.39 is 17.8 Å². The molecule has 0 spiro atoms. The molecule has 2 aromatic rings. The predicted octanol–water partition coefficient (Wildman–Crippen LogP) is 2.70. The first-order chi connectivity index (χ1) is 11.2. The summed E-state index contributed by atoms with van der Waals surface area (Å²) in [6, 6.07) is 4.74. The highest BCUT2D eigenvalue weighted by Crippen LogP contribution is 2.30. The molecule has 2 rings (SSSR count). The van der Waals surface area contributed by atoms with E-state index in [0.717, 1.165) is 12.1 Å². The largest absolute Gasteiger partial charge is 0.416 e. The normalized spacial score (nSPS) is 12.9. The summed E-state index contributed by atoms with van der Waals surface area (Å²) in [6.07, 6.45) is -3.25. The van der Waals surface area contributed by atoms with Gasteiger partial charge in [-0.2, -0.15) is 18.3 Å². The van der Waals surface area contributed by atoms with Gasteiger partial charge in [0, 0.05) is 6.54 Å². The number of carbonyl (C=O) groups excluding carboxylic acids is 1. The van der Waals surface area contributed by atoms with Gasteiger partial charge in [-0.05, 0) is 38.5 Å². The summed E-state index contributed by atoms with van der Waals surface area (Å²) in [5, 5.41) is 15.8. The molecule has 1 aromatic carbocycles. The van der Waals surface area contributed by atoms with E-state index in [-0.39, 0.29) is 17.2 Å². The van der Waals surface area contributed by atoms with Crippen LogP contribution in [0.2, 0.25) is 0 Å². The van der Waals surface area contributed by atoms with Crippen molar-refractivity contribution in [3.63, 3.8) is 0 Å². The third kappa shape index (κ3) is 4.14. The van der Waals surface area contributed by atoms with Gasteiger partial charge in [0.2, 0.25) is 0 Å². The minimum atomic E-state index is -4.45. The highest BCUT2D eigenvalue weighted by atomic mass is 19.4. The van der Waals surface area contributed by atoms with Crippen LogP contribution in [-0.4, -0.2) is 33.4 Å². The number of nitrogens with zero attached hydrogens (tertiary/aromatic N) is 2. The second kappa shape index (κ2) is 7.04. The van der Waals surface area contributed by atoms with Crippen LogP contribution in [0, 0.1) is 6.92 Å². The van der Waals surface area contributed by atoms with E-state index in [1.54, 1.807) is 13.8 Å². The molecular weight excluding hydrogens is 323 g/mol. The minimum absolute atomic E-state index is 0.227. The summed E-state index contributed by atoms with van der Waals surface area (Å²) in [7, 11) is 0. The lowest BCUT2D eigenvalue weighted by molar-refractivity contribution is -0.137. The van der Waals surface area contributed by atoms with Crippen LogP contribution in [0.1, 0.15) is 35.0 Å². The number of nitrogens with one attached hydrogen (secondary N) is 1. The summed E-state index contributed by atoms with van der Waals surface area (Å²) >= 11 is 0. The molecule has 0 fully saturated rings. The summed E-state index contributed by atoms with van der Waals surface area (Å²) < 4.78 is 39.7. The number of alkyl halides is 3. The molecule has 0 bridgehead atoms. The Balaban J connectivity index is 2.22. The van der Waals surface area contributed by atoms with Gasteiger partial charge < -0.3 is 10.4 Å². The maximum atomic E-state index is 12.8. The van der Waals surface area contributed by atoms with Crippen LogP contribution in [0.3, 0.4) is 0 Å².